The summed E-state index contributed by atoms with van der Waals surface area (Å²) in [6.07, 6.45) is -4.83. The van der Waals surface area contributed by atoms with Gasteiger partial charge in [0.15, 0.2) is 0 Å². The van der Waals surface area contributed by atoms with Crippen LogP contribution in [0.25, 0.3) is 0 Å². The molecule has 0 saturated carbocycles. The van der Waals surface area contributed by atoms with Gasteiger partial charge in [-0.1, -0.05) is 0 Å². The van der Waals surface area contributed by atoms with Crippen LogP contribution in [0.3, 0.4) is 0 Å². The van der Waals surface area contributed by atoms with Gasteiger partial charge < -0.3 is 5.11 Å². The lowest BCUT2D eigenvalue weighted by molar-refractivity contribution is -0.289. The Kier molecular flexibility index (Phi) is 2.85. The van der Waals surface area contributed by atoms with Crippen molar-refractivity contribution in [2.45, 2.75) is 12.1 Å². The minimum absolute atomic E-state index is 0.239. The average molecular weight is 241 g/mol. The zero-order chi connectivity index (χ0) is 12.6. The Morgan fingerprint density at radius 1 is 1.19 bits per heavy atom. The first-order valence-electron chi connectivity index (χ1n) is 3.79. The van der Waals surface area contributed by atoms with E-state index < -0.39 is 29.2 Å². The molecule has 1 aromatic rings. The molecule has 3 nitrogen and oxygen atoms in total. The van der Waals surface area contributed by atoms with Crippen LogP contribution < -0.4 is 0 Å². The lowest BCUT2D eigenvalue weighted by atomic mass is 10.1. The van der Waals surface area contributed by atoms with Gasteiger partial charge in [0.25, 0.3) is 0 Å². The first-order valence-corrected chi connectivity index (χ1v) is 3.79. The lowest BCUT2D eigenvalue weighted by Gasteiger charge is -2.19. The molecule has 0 aliphatic rings. The maximum Gasteiger partial charge on any atom is 0.458 e. The summed E-state index contributed by atoms with van der Waals surface area (Å²) in [6, 6.07) is 0.239. The van der Waals surface area contributed by atoms with Crippen LogP contribution in [0.15, 0.2) is 18.5 Å². The summed E-state index contributed by atoms with van der Waals surface area (Å²) in [7, 11) is 0. The van der Waals surface area contributed by atoms with Crippen LogP contribution in [0.5, 0.6) is 0 Å². The number of aromatic carboxylic acids is 1. The van der Waals surface area contributed by atoms with Crippen molar-refractivity contribution in [1.82, 2.24) is 4.98 Å². The highest BCUT2D eigenvalue weighted by Gasteiger charge is 2.59. The van der Waals surface area contributed by atoms with Gasteiger partial charge in [0, 0.05) is 18.0 Å². The zero-order valence-electron chi connectivity index (χ0n) is 7.42. The van der Waals surface area contributed by atoms with Gasteiger partial charge in [0.1, 0.15) is 0 Å². The smallest absolute Gasteiger partial charge is 0.458 e. The zero-order valence-corrected chi connectivity index (χ0v) is 7.42. The fourth-order valence-electron chi connectivity index (χ4n) is 0.892. The predicted molar refractivity (Wildman–Crippen MR) is 41.1 cm³/mol. The van der Waals surface area contributed by atoms with Gasteiger partial charge in [-0.25, -0.2) is 4.79 Å². The number of pyridine rings is 1. The maximum atomic E-state index is 12.7. The minimum Gasteiger partial charge on any atom is -0.478 e. The standard InChI is InChI=1S/C8H4F5NO2/c9-7(10,8(11,12)13)5-1-4(6(15)16)2-14-3-5/h1-3H,(H,15,16). The monoisotopic (exact) mass is 241 g/mol. The van der Waals surface area contributed by atoms with Gasteiger partial charge in [-0.3, -0.25) is 4.98 Å². The van der Waals surface area contributed by atoms with E-state index in [1.54, 1.807) is 0 Å². The predicted octanol–water partition coefficient (Wildman–Crippen LogP) is 2.43. The van der Waals surface area contributed by atoms with Gasteiger partial charge in [-0.15, -0.1) is 0 Å². The van der Waals surface area contributed by atoms with Gasteiger partial charge in [0.05, 0.1) is 5.56 Å². The number of carbonyl (C=O) groups is 1. The molecule has 1 aromatic heterocycles. The molecule has 0 aliphatic carbocycles. The normalized spacial score (nSPS) is 12.6. The minimum atomic E-state index is -5.79. The molecule has 0 bridgehead atoms. The molecule has 1 rings (SSSR count). The fraction of sp³-hybridized carbons (Fsp3) is 0.250. The number of hydrogen-bond acceptors (Lipinski definition) is 2. The molecular weight excluding hydrogens is 237 g/mol. The van der Waals surface area contributed by atoms with Crippen molar-refractivity contribution in [3.05, 3.63) is 29.6 Å². The van der Waals surface area contributed by atoms with Gasteiger partial charge >= 0.3 is 18.1 Å². The summed E-state index contributed by atoms with van der Waals surface area (Å²) in [5, 5.41) is 8.41. The second kappa shape index (κ2) is 3.69. The Morgan fingerprint density at radius 3 is 2.19 bits per heavy atom. The molecule has 0 atom stereocenters. The maximum absolute atomic E-state index is 12.7. The first kappa shape index (κ1) is 12.3. The van der Waals surface area contributed by atoms with E-state index >= 15 is 0 Å². The Balaban J connectivity index is 3.24. The van der Waals surface area contributed by atoms with Crippen molar-refractivity contribution in [1.29, 1.82) is 0 Å². The molecule has 0 radical (unpaired) electrons. The SMILES string of the molecule is O=C(O)c1cncc(C(F)(F)C(F)(F)F)c1. The van der Waals surface area contributed by atoms with Crippen LogP contribution in [-0.2, 0) is 5.92 Å². The number of nitrogens with zero attached hydrogens (tertiary/aromatic N) is 1. The Hall–Kier alpha value is -1.73. The molecule has 88 valence electrons. The summed E-state index contributed by atoms with van der Waals surface area (Å²) in [6.45, 7) is 0. The Morgan fingerprint density at radius 2 is 1.75 bits per heavy atom. The number of alkyl halides is 5. The van der Waals surface area contributed by atoms with Crippen LogP contribution in [0.4, 0.5) is 22.0 Å². The van der Waals surface area contributed by atoms with Crippen molar-refractivity contribution in [2.75, 3.05) is 0 Å². The van der Waals surface area contributed by atoms with E-state index in [9.17, 15) is 26.7 Å². The molecule has 1 N–H and O–H groups in total. The highest BCUT2D eigenvalue weighted by molar-refractivity contribution is 5.87. The summed E-state index contributed by atoms with van der Waals surface area (Å²) in [5.41, 5.74) is -2.23. The largest absolute Gasteiger partial charge is 0.478 e. The molecule has 0 saturated heterocycles. The quantitative estimate of drug-likeness (QED) is 0.809. The van der Waals surface area contributed by atoms with Crippen LogP contribution in [0, 0.1) is 0 Å². The number of aromatic nitrogens is 1. The molecule has 0 aliphatic heterocycles. The third kappa shape index (κ3) is 2.10. The number of halogens is 5. The molecule has 0 amide bonds. The van der Waals surface area contributed by atoms with Crippen molar-refractivity contribution in [3.63, 3.8) is 0 Å². The van der Waals surface area contributed by atoms with E-state index in [1.165, 1.54) is 0 Å². The van der Waals surface area contributed by atoms with E-state index in [2.05, 4.69) is 4.98 Å². The van der Waals surface area contributed by atoms with Gasteiger partial charge in [-0.05, 0) is 6.07 Å². The van der Waals surface area contributed by atoms with E-state index in [4.69, 9.17) is 5.11 Å². The van der Waals surface area contributed by atoms with Crippen molar-refractivity contribution < 1.29 is 31.9 Å². The molecule has 0 spiro atoms. The molecule has 0 unspecified atom stereocenters. The lowest BCUT2D eigenvalue weighted by Crippen LogP contribution is -2.33. The summed E-state index contributed by atoms with van der Waals surface area (Å²) < 4.78 is 61.3. The van der Waals surface area contributed by atoms with E-state index in [0.29, 0.717) is 6.20 Å². The second-order valence-electron chi connectivity index (χ2n) is 2.84. The van der Waals surface area contributed by atoms with Crippen molar-refractivity contribution in [3.8, 4) is 0 Å². The van der Waals surface area contributed by atoms with Crippen LogP contribution >= 0.6 is 0 Å². The summed E-state index contributed by atoms with van der Waals surface area (Å²) in [5.74, 6) is -6.75. The molecule has 1 heterocycles. The fourth-order valence-corrected chi connectivity index (χ4v) is 0.892. The topological polar surface area (TPSA) is 50.2 Å². The highest BCUT2D eigenvalue weighted by atomic mass is 19.4. The van der Waals surface area contributed by atoms with Gasteiger partial charge in [-0.2, -0.15) is 22.0 Å². The van der Waals surface area contributed by atoms with E-state index in [-0.39, 0.29) is 12.3 Å². The van der Waals surface area contributed by atoms with E-state index in [1.807, 2.05) is 0 Å². The van der Waals surface area contributed by atoms with Crippen LogP contribution in [0.2, 0.25) is 0 Å². The third-order valence-electron chi connectivity index (χ3n) is 1.70. The van der Waals surface area contributed by atoms with Gasteiger partial charge in [0.2, 0.25) is 0 Å². The van der Waals surface area contributed by atoms with Crippen molar-refractivity contribution >= 4 is 5.97 Å². The number of hydrogen-bond donors (Lipinski definition) is 1. The van der Waals surface area contributed by atoms with E-state index in [0.717, 1.165) is 0 Å². The second-order valence-corrected chi connectivity index (χ2v) is 2.84. The molecule has 0 aromatic carbocycles. The molecule has 16 heavy (non-hydrogen) atoms. The molecule has 0 fully saturated rings. The van der Waals surface area contributed by atoms with Crippen LogP contribution in [-0.4, -0.2) is 22.2 Å². The number of rotatable bonds is 2. The average Bonchev–Trinajstić information content (AvgIpc) is 2.16. The molecule has 8 heteroatoms. The Labute approximate surface area is 85.5 Å². The number of carboxylic acid groups (broad SMARTS) is 1. The van der Waals surface area contributed by atoms with Crippen LogP contribution in [0.1, 0.15) is 15.9 Å². The summed E-state index contributed by atoms with van der Waals surface area (Å²) in [4.78, 5) is 13.4. The Bertz CT molecular complexity index is 415. The summed E-state index contributed by atoms with van der Waals surface area (Å²) >= 11 is 0. The molecular formula is C8H4F5NO2. The van der Waals surface area contributed by atoms with Crippen molar-refractivity contribution in [2.24, 2.45) is 0 Å². The highest BCUT2D eigenvalue weighted by Crippen LogP contribution is 2.43. The first-order chi connectivity index (χ1) is 7.16. The third-order valence-corrected chi connectivity index (χ3v) is 1.70. The number of carboxylic acids is 1.